The highest BCUT2D eigenvalue weighted by molar-refractivity contribution is 5.75. The fraction of sp³-hybridized carbons (Fsp3) is 0.800. The summed E-state index contributed by atoms with van der Waals surface area (Å²) >= 11 is 0. The van der Waals surface area contributed by atoms with E-state index in [1.807, 2.05) is 20.8 Å². The second kappa shape index (κ2) is 4.37. The quantitative estimate of drug-likeness (QED) is 0.440. The zero-order valence-electron chi connectivity index (χ0n) is 11.9. The van der Waals surface area contributed by atoms with E-state index in [1.54, 1.807) is 0 Å². The standard InChI is InChI=1S/C15H24O3/c1-10(2)11-6-7-15(12(8-11)18-15)9-17-13(16)14(3,4)5/h11-12H,1,6-9H2,2-5H3/t11-,12+,15+/m0/s1. The summed E-state index contributed by atoms with van der Waals surface area (Å²) in [7, 11) is 0. The minimum absolute atomic E-state index is 0.145. The molecule has 102 valence electrons. The van der Waals surface area contributed by atoms with Crippen molar-refractivity contribution in [3.63, 3.8) is 0 Å². The normalized spacial score (nSPS) is 34.7. The first-order valence-electron chi connectivity index (χ1n) is 6.75. The van der Waals surface area contributed by atoms with Crippen LogP contribution in [0.4, 0.5) is 0 Å². The molecule has 1 aliphatic heterocycles. The van der Waals surface area contributed by atoms with Crippen LogP contribution in [-0.2, 0) is 14.3 Å². The summed E-state index contributed by atoms with van der Waals surface area (Å²) in [4.78, 5) is 11.7. The van der Waals surface area contributed by atoms with Crippen LogP contribution in [0.3, 0.4) is 0 Å². The maximum absolute atomic E-state index is 11.7. The molecule has 2 fully saturated rings. The Morgan fingerprint density at radius 3 is 2.67 bits per heavy atom. The number of carbonyl (C=O) groups excluding carboxylic acids is 1. The summed E-state index contributed by atoms with van der Waals surface area (Å²) in [5.41, 5.74) is 0.633. The minimum atomic E-state index is -0.435. The molecule has 0 N–H and O–H groups in total. The first-order chi connectivity index (χ1) is 8.24. The highest BCUT2D eigenvalue weighted by atomic mass is 16.6. The van der Waals surface area contributed by atoms with Crippen LogP contribution in [0.5, 0.6) is 0 Å². The summed E-state index contributed by atoms with van der Waals surface area (Å²) < 4.78 is 11.2. The van der Waals surface area contributed by atoms with Crippen molar-refractivity contribution in [2.45, 2.75) is 58.7 Å². The lowest BCUT2D eigenvalue weighted by molar-refractivity contribution is -0.155. The molecule has 2 aliphatic rings. The van der Waals surface area contributed by atoms with Crippen LogP contribution in [-0.4, -0.2) is 24.3 Å². The molecule has 2 rings (SSSR count). The van der Waals surface area contributed by atoms with Crippen LogP contribution in [0.1, 0.15) is 47.0 Å². The number of carbonyl (C=O) groups is 1. The molecule has 0 radical (unpaired) electrons. The smallest absolute Gasteiger partial charge is 0.311 e. The van der Waals surface area contributed by atoms with Crippen molar-refractivity contribution < 1.29 is 14.3 Å². The topological polar surface area (TPSA) is 38.8 Å². The fourth-order valence-corrected chi connectivity index (χ4v) is 2.58. The molecular formula is C15H24O3. The number of esters is 1. The lowest BCUT2D eigenvalue weighted by Gasteiger charge is -2.25. The van der Waals surface area contributed by atoms with Gasteiger partial charge in [-0.2, -0.15) is 0 Å². The third-order valence-electron chi connectivity index (χ3n) is 4.08. The number of allylic oxidation sites excluding steroid dienone is 1. The molecule has 1 heterocycles. The Bertz CT molecular complexity index is 366. The molecule has 18 heavy (non-hydrogen) atoms. The minimum Gasteiger partial charge on any atom is -0.462 e. The fourth-order valence-electron chi connectivity index (χ4n) is 2.58. The molecule has 0 aromatic rings. The number of rotatable bonds is 3. The van der Waals surface area contributed by atoms with Gasteiger partial charge in [-0.1, -0.05) is 12.2 Å². The van der Waals surface area contributed by atoms with E-state index in [0.29, 0.717) is 12.5 Å². The summed E-state index contributed by atoms with van der Waals surface area (Å²) in [6.07, 6.45) is 3.37. The highest BCUT2D eigenvalue weighted by Crippen LogP contribution is 2.51. The predicted octanol–water partition coefficient (Wildman–Crippen LogP) is 3.09. The molecule has 1 saturated carbocycles. The molecule has 0 aromatic carbocycles. The second-order valence-electron chi connectivity index (χ2n) is 6.82. The Balaban J connectivity index is 1.84. The molecule has 0 aromatic heterocycles. The van der Waals surface area contributed by atoms with E-state index in [9.17, 15) is 4.79 Å². The SMILES string of the molecule is C=C(C)[C@H]1CC[C@]2(COC(=O)C(C)(C)C)O[C@@H]2C1. The zero-order valence-corrected chi connectivity index (χ0v) is 11.9. The van der Waals surface area contributed by atoms with Crippen molar-refractivity contribution in [2.24, 2.45) is 11.3 Å². The van der Waals surface area contributed by atoms with Crippen LogP contribution >= 0.6 is 0 Å². The maximum atomic E-state index is 11.7. The van der Waals surface area contributed by atoms with Crippen LogP contribution in [0.15, 0.2) is 12.2 Å². The molecule has 3 atom stereocenters. The maximum Gasteiger partial charge on any atom is 0.311 e. The third-order valence-corrected chi connectivity index (χ3v) is 4.08. The van der Waals surface area contributed by atoms with Gasteiger partial charge in [-0.05, 0) is 52.9 Å². The molecule has 1 saturated heterocycles. The van der Waals surface area contributed by atoms with Gasteiger partial charge in [-0.3, -0.25) is 4.79 Å². The van der Waals surface area contributed by atoms with Crippen molar-refractivity contribution in [3.05, 3.63) is 12.2 Å². The number of epoxide rings is 1. The Morgan fingerprint density at radius 1 is 1.50 bits per heavy atom. The first kappa shape index (κ1) is 13.6. The van der Waals surface area contributed by atoms with E-state index in [-0.39, 0.29) is 17.7 Å². The van der Waals surface area contributed by atoms with Crippen molar-refractivity contribution in [1.29, 1.82) is 0 Å². The van der Waals surface area contributed by atoms with Crippen molar-refractivity contribution >= 4 is 5.97 Å². The Hall–Kier alpha value is -0.830. The van der Waals surface area contributed by atoms with Crippen LogP contribution in [0.2, 0.25) is 0 Å². The predicted molar refractivity (Wildman–Crippen MR) is 70.2 cm³/mol. The molecule has 0 spiro atoms. The summed E-state index contributed by atoms with van der Waals surface area (Å²) in [6, 6.07) is 0. The highest BCUT2D eigenvalue weighted by Gasteiger charge is 2.60. The average Bonchev–Trinajstić information content (AvgIpc) is 2.97. The zero-order chi connectivity index (χ0) is 13.6. The number of hydrogen-bond donors (Lipinski definition) is 0. The molecule has 0 unspecified atom stereocenters. The second-order valence-corrected chi connectivity index (χ2v) is 6.82. The van der Waals surface area contributed by atoms with Gasteiger partial charge in [0.1, 0.15) is 12.2 Å². The summed E-state index contributed by atoms with van der Waals surface area (Å²) in [5.74, 6) is 0.428. The lowest BCUT2D eigenvalue weighted by atomic mass is 9.79. The van der Waals surface area contributed by atoms with Crippen molar-refractivity contribution in [3.8, 4) is 0 Å². The van der Waals surface area contributed by atoms with E-state index in [4.69, 9.17) is 9.47 Å². The van der Waals surface area contributed by atoms with Gasteiger partial charge in [0.2, 0.25) is 0 Å². The molecule has 0 bridgehead atoms. The van der Waals surface area contributed by atoms with Gasteiger partial charge in [0.15, 0.2) is 0 Å². The summed E-state index contributed by atoms with van der Waals surface area (Å²) in [6.45, 7) is 12.1. The average molecular weight is 252 g/mol. The van der Waals surface area contributed by atoms with Gasteiger partial charge in [-0.15, -0.1) is 0 Å². The molecule has 0 amide bonds. The van der Waals surface area contributed by atoms with Crippen LogP contribution < -0.4 is 0 Å². The van der Waals surface area contributed by atoms with Gasteiger partial charge in [0.05, 0.1) is 11.5 Å². The van der Waals surface area contributed by atoms with E-state index < -0.39 is 5.41 Å². The number of fused-ring (bicyclic) bond motifs is 1. The number of ether oxygens (including phenoxy) is 2. The molecule has 1 aliphatic carbocycles. The number of hydrogen-bond acceptors (Lipinski definition) is 3. The van der Waals surface area contributed by atoms with E-state index in [0.717, 1.165) is 19.3 Å². The van der Waals surface area contributed by atoms with Gasteiger partial charge >= 0.3 is 5.97 Å². The Morgan fingerprint density at radius 2 is 2.17 bits per heavy atom. The largest absolute Gasteiger partial charge is 0.462 e. The summed E-state index contributed by atoms with van der Waals surface area (Å²) in [5, 5.41) is 0. The molecular weight excluding hydrogens is 228 g/mol. The molecule has 3 heteroatoms. The monoisotopic (exact) mass is 252 g/mol. The van der Waals surface area contributed by atoms with Gasteiger partial charge in [0, 0.05) is 0 Å². The van der Waals surface area contributed by atoms with E-state index in [1.165, 1.54) is 5.57 Å². The van der Waals surface area contributed by atoms with Crippen molar-refractivity contribution in [1.82, 2.24) is 0 Å². The molecule has 3 nitrogen and oxygen atoms in total. The Labute approximate surface area is 110 Å². The van der Waals surface area contributed by atoms with Crippen LogP contribution in [0.25, 0.3) is 0 Å². The third kappa shape index (κ3) is 2.61. The van der Waals surface area contributed by atoms with Gasteiger partial charge < -0.3 is 9.47 Å². The van der Waals surface area contributed by atoms with E-state index in [2.05, 4.69) is 13.5 Å². The van der Waals surface area contributed by atoms with Crippen LogP contribution in [0, 0.1) is 11.3 Å². The van der Waals surface area contributed by atoms with E-state index >= 15 is 0 Å². The first-order valence-corrected chi connectivity index (χ1v) is 6.75. The lowest BCUT2D eigenvalue weighted by Crippen LogP contribution is -2.33. The van der Waals surface area contributed by atoms with Gasteiger partial charge in [-0.25, -0.2) is 0 Å². The van der Waals surface area contributed by atoms with Crippen molar-refractivity contribution in [2.75, 3.05) is 6.61 Å². The van der Waals surface area contributed by atoms with Gasteiger partial charge in [0.25, 0.3) is 0 Å². The Kier molecular flexibility index (Phi) is 3.30.